The van der Waals surface area contributed by atoms with Crippen LogP contribution in [0.5, 0.6) is 0 Å². The minimum Gasteiger partial charge on any atom is -0.377 e. The van der Waals surface area contributed by atoms with Crippen LogP contribution in [-0.2, 0) is 0 Å². The Balaban J connectivity index is 2.78. The molecule has 16 heavy (non-hydrogen) atoms. The van der Waals surface area contributed by atoms with Gasteiger partial charge in [-0.3, -0.25) is 9.78 Å². The summed E-state index contributed by atoms with van der Waals surface area (Å²) in [7, 11) is 4.00. The van der Waals surface area contributed by atoms with E-state index in [-0.39, 0.29) is 0 Å². The summed E-state index contributed by atoms with van der Waals surface area (Å²) in [4.78, 5) is 17.2. The summed E-state index contributed by atoms with van der Waals surface area (Å²) in [5, 5.41) is 1.07. The van der Waals surface area contributed by atoms with E-state index >= 15 is 0 Å². The molecule has 0 N–H and O–H groups in total. The van der Waals surface area contributed by atoms with E-state index in [1.807, 2.05) is 45.3 Å². The first-order valence-corrected chi connectivity index (χ1v) is 5.16. The summed E-state index contributed by atoms with van der Waals surface area (Å²) in [6.07, 6.45) is 0.846. The number of anilines is 1. The molecule has 0 radical (unpaired) electrons. The van der Waals surface area contributed by atoms with Crippen LogP contribution in [0.3, 0.4) is 0 Å². The molecular weight excluding hydrogens is 200 g/mol. The van der Waals surface area contributed by atoms with Crippen molar-refractivity contribution in [2.24, 2.45) is 0 Å². The van der Waals surface area contributed by atoms with Gasteiger partial charge in [0.15, 0.2) is 0 Å². The lowest BCUT2D eigenvalue weighted by molar-refractivity contribution is 0.112. The zero-order valence-corrected chi connectivity index (χ0v) is 9.69. The van der Waals surface area contributed by atoms with Crippen molar-refractivity contribution in [3.63, 3.8) is 0 Å². The number of aldehydes is 1. The van der Waals surface area contributed by atoms with Crippen LogP contribution in [0.1, 0.15) is 16.1 Å². The van der Waals surface area contributed by atoms with Gasteiger partial charge in [-0.05, 0) is 19.1 Å². The quantitative estimate of drug-likeness (QED) is 0.720. The number of aryl methyl sites for hydroxylation is 1. The number of carbonyl (C=O) groups excluding carboxylic acids is 1. The van der Waals surface area contributed by atoms with Gasteiger partial charge in [0.05, 0.1) is 5.52 Å². The fourth-order valence-electron chi connectivity index (χ4n) is 1.80. The second-order valence-electron chi connectivity index (χ2n) is 4.07. The van der Waals surface area contributed by atoms with Crippen LogP contribution in [0.15, 0.2) is 24.3 Å². The van der Waals surface area contributed by atoms with Crippen LogP contribution in [0.4, 0.5) is 5.69 Å². The molecule has 2 aromatic rings. The molecule has 82 valence electrons. The van der Waals surface area contributed by atoms with E-state index in [9.17, 15) is 4.79 Å². The molecule has 3 nitrogen and oxygen atoms in total. The van der Waals surface area contributed by atoms with Crippen LogP contribution in [-0.4, -0.2) is 25.4 Å². The van der Waals surface area contributed by atoms with Crippen LogP contribution in [0.25, 0.3) is 10.9 Å². The Hall–Kier alpha value is -1.90. The Bertz CT molecular complexity index is 547. The number of pyridine rings is 1. The molecule has 0 bridgehead atoms. The first-order chi connectivity index (χ1) is 7.61. The Morgan fingerprint density at radius 3 is 2.62 bits per heavy atom. The molecule has 0 saturated heterocycles. The largest absolute Gasteiger partial charge is 0.377 e. The van der Waals surface area contributed by atoms with E-state index < -0.39 is 0 Å². The van der Waals surface area contributed by atoms with E-state index in [1.54, 1.807) is 0 Å². The Labute approximate surface area is 94.7 Å². The third-order valence-electron chi connectivity index (χ3n) is 2.56. The lowest BCUT2D eigenvalue weighted by Crippen LogP contribution is -2.10. The van der Waals surface area contributed by atoms with E-state index in [0.717, 1.165) is 28.6 Å². The predicted octanol–water partition coefficient (Wildman–Crippen LogP) is 2.42. The third-order valence-corrected chi connectivity index (χ3v) is 2.56. The van der Waals surface area contributed by atoms with Crippen molar-refractivity contribution >= 4 is 22.9 Å². The highest BCUT2D eigenvalue weighted by Crippen LogP contribution is 2.25. The number of hydrogen-bond acceptors (Lipinski definition) is 3. The molecule has 1 heterocycles. The van der Waals surface area contributed by atoms with Gasteiger partial charge in [-0.25, -0.2) is 0 Å². The van der Waals surface area contributed by atoms with Crippen molar-refractivity contribution in [3.8, 4) is 0 Å². The molecule has 3 heteroatoms. The van der Waals surface area contributed by atoms with Gasteiger partial charge in [-0.15, -0.1) is 0 Å². The molecule has 2 rings (SSSR count). The van der Waals surface area contributed by atoms with Gasteiger partial charge in [-0.2, -0.15) is 0 Å². The average Bonchev–Trinajstić information content (AvgIpc) is 2.26. The highest BCUT2D eigenvalue weighted by molar-refractivity contribution is 5.94. The zero-order valence-electron chi connectivity index (χ0n) is 9.69. The van der Waals surface area contributed by atoms with Gasteiger partial charge in [0.2, 0.25) is 0 Å². The maximum atomic E-state index is 10.7. The molecule has 0 unspecified atom stereocenters. The number of rotatable bonds is 2. The van der Waals surface area contributed by atoms with Crippen LogP contribution >= 0.6 is 0 Å². The van der Waals surface area contributed by atoms with E-state index in [4.69, 9.17) is 0 Å². The number of carbonyl (C=O) groups is 1. The van der Waals surface area contributed by atoms with Gasteiger partial charge in [-0.1, -0.05) is 12.1 Å². The second-order valence-corrected chi connectivity index (χ2v) is 4.07. The van der Waals surface area contributed by atoms with Crippen LogP contribution < -0.4 is 4.90 Å². The number of hydrogen-bond donors (Lipinski definition) is 0. The summed E-state index contributed by atoms with van der Waals surface area (Å²) in [6.45, 7) is 1.96. The molecule has 0 aliphatic heterocycles. The van der Waals surface area contributed by atoms with Crippen molar-refractivity contribution in [3.05, 3.63) is 35.5 Å². The highest BCUT2D eigenvalue weighted by atomic mass is 16.1. The summed E-state index contributed by atoms with van der Waals surface area (Å²) in [6, 6.07) is 7.63. The maximum Gasteiger partial charge on any atom is 0.150 e. The molecular formula is C13H14N2O. The monoisotopic (exact) mass is 214 g/mol. The minimum absolute atomic E-state index is 0.662. The molecule has 1 aromatic heterocycles. The topological polar surface area (TPSA) is 33.2 Å². The smallest absolute Gasteiger partial charge is 0.150 e. The molecule has 0 spiro atoms. The Morgan fingerprint density at radius 1 is 1.25 bits per heavy atom. The number of nitrogens with zero attached hydrogens (tertiary/aromatic N) is 2. The first kappa shape index (κ1) is 10.6. The summed E-state index contributed by atoms with van der Waals surface area (Å²) < 4.78 is 0. The van der Waals surface area contributed by atoms with Crippen molar-refractivity contribution in [2.45, 2.75) is 6.92 Å². The van der Waals surface area contributed by atoms with Gasteiger partial charge in [0, 0.05) is 36.4 Å². The minimum atomic E-state index is 0.662. The van der Waals surface area contributed by atoms with Gasteiger partial charge >= 0.3 is 0 Å². The summed E-state index contributed by atoms with van der Waals surface area (Å²) >= 11 is 0. The lowest BCUT2D eigenvalue weighted by atomic mass is 10.1. The first-order valence-electron chi connectivity index (χ1n) is 5.16. The Morgan fingerprint density at radius 2 is 2.00 bits per heavy atom. The number of benzene rings is 1. The number of aromatic nitrogens is 1. The summed E-state index contributed by atoms with van der Waals surface area (Å²) in [5.41, 5.74) is 3.61. The van der Waals surface area contributed by atoms with Gasteiger partial charge < -0.3 is 4.90 Å². The standard InChI is InChI=1S/C13H14N2O/c1-9-6-13(15(2)3)11-5-4-10(8-16)7-12(11)14-9/h4-8H,1-3H3. The third kappa shape index (κ3) is 1.76. The summed E-state index contributed by atoms with van der Waals surface area (Å²) in [5.74, 6) is 0. The molecule has 0 aliphatic rings. The van der Waals surface area contributed by atoms with Gasteiger partial charge in [0.1, 0.15) is 6.29 Å². The number of fused-ring (bicyclic) bond motifs is 1. The maximum absolute atomic E-state index is 10.7. The molecule has 0 fully saturated rings. The molecule has 0 aliphatic carbocycles. The van der Waals surface area contributed by atoms with Crippen molar-refractivity contribution < 1.29 is 4.79 Å². The fourth-order valence-corrected chi connectivity index (χ4v) is 1.80. The van der Waals surface area contributed by atoms with E-state index in [2.05, 4.69) is 9.88 Å². The van der Waals surface area contributed by atoms with Crippen LogP contribution in [0.2, 0.25) is 0 Å². The molecule has 0 atom stereocenters. The SMILES string of the molecule is Cc1cc(N(C)C)c2ccc(C=O)cc2n1. The van der Waals surface area contributed by atoms with Crippen molar-refractivity contribution in [1.82, 2.24) is 4.98 Å². The normalized spacial score (nSPS) is 10.4. The average molecular weight is 214 g/mol. The van der Waals surface area contributed by atoms with Crippen LogP contribution in [0, 0.1) is 6.92 Å². The predicted molar refractivity (Wildman–Crippen MR) is 66.2 cm³/mol. The Kier molecular flexibility index (Phi) is 2.60. The lowest BCUT2D eigenvalue weighted by Gasteiger charge is -2.16. The molecule has 0 amide bonds. The highest BCUT2D eigenvalue weighted by Gasteiger charge is 2.06. The second kappa shape index (κ2) is 3.93. The zero-order chi connectivity index (χ0) is 11.7. The van der Waals surface area contributed by atoms with Crippen molar-refractivity contribution in [2.75, 3.05) is 19.0 Å². The van der Waals surface area contributed by atoms with Crippen molar-refractivity contribution in [1.29, 1.82) is 0 Å². The fraction of sp³-hybridized carbons (Fsp3) is 0.231. The van der Waals surface area contributed by atoms with E-state index in [0.29, 0.717) is 5.56 Å². The molecule has 1 aromatic carbocycles. The molecule has 0 saturated carbocycles. The van der Waals surface area contributed by atoms with Gasteiger partial charge in [0.25, 0.3) is 0 Å². The van der Waals surface area contributed by atoms with E-state index in [1.165, 1.54) is 0 Å².